The van der Waals surface area contributed by atoms with Crippen LogP contribution in [0.25, 0.3) is 0 Å². The number of methoxy groups -OCH3 is 1. The number of hydrogen-bond acceptors (Lipinski definition) is 3. The van der Waals surface area contributed by atoms with Gasteiger partial charge in [0.2, 0.25) is 5.82 Å². The van der Waals surface area contributed by atoms with Gasteiger partial charge in [-0.2, -0.15) is 4.39 Å². The Morgan fingerprint density at radius 3 is 2.31 bits per heavy atom. The van der Waals surface area contributed by atoms with Gasteiger partial charge in [0.15, 0.2) is 11.6 Å². The van der Waals surface area contributed by atoms with E-state index < -0.39 is 28.9 Å². The standard InChI is InChI=1S/C16H22F2N2O.C11H14F2O/c1-6-15(4,16(5,17)18)10-11(2)14(21)20-13-7-8-19-12(3)9-13;1-4-7(2)8-5-6-9(12)10(13)11(8)14-3/h7-9H,2,6,10H2,1,3-5H3,(H,19,20,21);5-7H,4H2,1-3H3/t15-;/m1./s1. The number of amides is 1. The second kappa shape index (κ2) is 12.7. The van der Waals surface area contributed by atoms with Crippen LogP contribution in [0.4, 0.5) is 23.2 Å². The summed E-state index contributed by atoms with van der Waals surface area (Å²) in [6, 6.07) is 6.06. The lowest BCUT2D eigenvalue weighted by Crippen LogP contribution is -2.37. The Kier molecular flexibility index (Phi) is 10.9. The molecule has 1 amide bonds. The van der Waals surface area contributed by atoms with Crippen molar-refractivity contribution in [2.75, 3.05) is 12.4 Å². The lowest BCUT2D eigenvalue weighted by atomic mass is 9.76. The topological polar surface area (TPSA) is 51.2 Å². The maximum atomic E-state index is 13.7. The molecule has 2 atom stereocenters. The first-order chi connectivity index (χ1) is 16.2. The van der Waals surface area contributed by atoms with Gasteiger partial charge >= 0.3 is 0 Å². The van der Waals surface area contributed by atoms with Gasteiger partial charge in [-0.1, -0.05) is 40.3 Å². The molecule has 0 aliphatic carbocycles. The molecule has 1 aromatic carbocycles. The van der Waals surface area contributed by atoms with Crippen molar-refractivity contribution in [3.8, 4) is 5.75 Å². The van der Waals surface area contributed by atoms with Gasteiger partial charge < -0.3 is 10.1 Å². The lowest BCUT2D eigenvalue weighted by molar-refractivity contribution is -0.116. The Hall–Kier alpha value is -2.90. The molecule has 2 rings (SSSR count). The number of nitrogens with one attached hydrogen (secondary N) is 1. The van der Waals surface area contributed by atoms with Crippen LogP contribution in [0, 0.1) is 24.0 Å². The zero-order valence-corrected chi connectivity index (χ0v) is 21.6. The van der Waals surface area contributed by atoms with Crippen LogP contribution in [0.3, 0.4) is 0 Å². The number of nitrogens with zero attached hydrogens (tertiary/aromatic N) is 1. The summed E-state index contributed by atoms with van der Waals surface area (Å²) in [5.74, 6) is -4.89. The van der Waals surface area contributed by atoms with Crippen molar-refractivity contribution in [3.63, 3.8) is 0 Å². The monoisotopic (exact) mass is 496 g/mol. The number of hydrogen-bond donors (Lipinski definition) is 1. The van der Waals surface area contributed by atoms with E-state index in [4.69, 9.17) is 4.74 Å². The molecule has 194 valence electrons. The predicted octanol–water partition coefficient (Wildman–Crippen LogP) is 7.83. The van der Waals surface area contributed by atoms with Gasteiger partial charge in [-0.3, -0.25) is 9.78 Å². The van der Waals surface area contributed by atoms with Crippen molar-refractivity contribution >= 4 is 11.6 Å². The van der Waals surface area contributed by atoms with Crippen LogP contribution in [0.15, 0.2) is 42.6 Å². The van der Waals surface area contributed by atoms with Gasteiger partial charge in [0.1, 0.15) is 0 Å². The van der Waals surface area contributed by atoms with E-state index >= 15 is 0 Å². The molecule has 8 heteroatoms. The second-order valence-electron chi connectivity index (χ2n) is 9.02. The quantitative estimate of drug-likeness (QED) is 0.284. The highest BCUT2D eigenvalue weighted by molar-refractivity contribution is 6.03. The molecule has 0 aliphatic rings. The SMILES string of the molecule is C=C(C[C@@](C)(CC)C(C)(F)F)C(=O)Nc1ccnc(C)c1.CCC(C)c1ccc(F)c(F)c1OC. The molecule has 0 saturated carbocycles. The van der Waals surface area contributed by atoms with Crippen molar-refractivity contribution in [2.45, 2.75) is 72.6 Å². The number of rotatable bonds is 9. The summed E-state index contributed by atoms with van der Waals surface area (Å²) < 4.78 is 58.4. The predicted molar refractivity (Wildman–Crippen MR) is 132 cm³/mol. The zero-order valence-electron chi connectivity index (χ0n) is 21.6. The van der Waals surface area contributed by atoms with E-state index in [0.717, 1.165) is 25.1 Å². The zero-order chi connectivity index (χ0) is 27.0. The van der Waals surface area contributed by atoms with Crippen molar-refractivity contribution in [1.82, 2.24) is 4.98 Å². The first kappa shape index (κ1) is 30.1. The van der Waals surface area contributed by atoms with Crippen molar-refractivity contribution < 1.29 is 27.1 Å². The fourth-order valence-corrected chi connectivity index (χ4v) is 3.35. The van der Waals surface area contributed by atoms with Gasteiger partial charge in [-0.25, -0.2) is 13.2 Å². The highest BCUT2D eigenvalue weighted by Gasteiger charge is 2.45. The molecule has 0 saturated heterocycles. The summed E-state index contributed by atoms with van der Waals surface area (Å²) in [4.78, 5) is 16.1. The normalized spacial score (nSPS) is 13.7. The molecular weight excluding hydrogens is 460 g/mol. The fourth-order valence-electron chi connectivity index (χ4n) is 3.35. The Bertz CT molecular complexity index is 1020. The maximum Gasteiger partial charge on any atom is 0.251 e. The number of anilines is 1. The van der Waals surface area contributed by atoms with Crippen LogP contribution in [-0.4, -0.2) is 23.9 Å². The smallest absolute Gasteiger partial charge is 0.251 e. The number of carbonyl (C=O) groups excluding carboxylic acids is 1. The van der Waals surface area contributed by atoms with Crippen LogP contribution < -0.4 is 10.1 Å². The van der Waals surface area contributed by atoms with Gasteiger partial charge in [0.05, 0.1) is 7.11 Å². The molecular formula is C27H36F4N2O2. The summed E-state index contributed by atoms with van der Waals surface area (Å²) in [7, 11) is 1.35. The van der Waals surface area contributed by atoms with Gasteiger partial charge in [0.25, 0.3) is 11.8 Å². The Labute approximate surface area is 205 Å². The van der Waals surface area contributed by atoms with E-state index in [1.807, 2.05) is 13.8 Å². The molecule has 0 fully saturated rings. The number of aromatic nitrogens is 1. The maximum absolute atomic E-state index is 13.7. The third-order valence-electron chi connectivity index (χ3n) is 6.35. The van der Waals surface area contributed by atoms with E-state index in [1.54, 1.807) is 38.2 Å². The largest absolute Gasteiger partial charge is 0.493 e. The molecule has 4 nitrogen and oxygen atoms in total. The average molecular weight is 497 g/mol. The van der Waals surface area contributed by atoms with E-state index in [-0.39, 0.29) is 30.1 Å². The lowest BCUT2D eigenvalue weighted by Gasteiger charge is -2.34. The van der Waals surface area contributed by atoms with Crippen molar-refractivity contribution in [3.05, 3.63) is 65.5 Å². The van der Waals surface area contributed by atoms with Gasteiger partial charge in [-0.15, -0.1) is 0 Å². The molecule has 2 aromatic rings. The highest BCUT2D eigenvalue weighted by atomic mass is 19.3. The van der Waals surface area contributed by atoms with Crippen LogP contribution in [0.1, 0.15) is 71.1 Å². The molecule has 0 radical (unpaired) electrons. The summed E-state index contributed by atoms with van der Waals surface area (Å²) in [5.41, 5.74) is 0.923. The van der Waals surface area contributed by atoms with Gasteiger partial charge in [-0.05, 0) is 57.2 Å². The number of pyridine rings is 1. The number of halogens is 4. The highest BCUT2D eigenvalue weighted by Crippen LogP contribution is 2.43. The minimum Gasteiger partial charge on any atom is -0.493 e. The van der Waals surface area contributed by atoms with E-state index in [1.165, 1.54) is 14.0 Å². The van der Waals surface area contributed by atoms with Crippen molar-refractivity contribution in [2.24, 2.45) is 5.41 Å². The average Bonchev–Trinajstić information content (AvgIpc) is 2.79. The number of alkyl halides is 2. The fraction of sp³-hybridized carbons (Fsp3) is 0.481. The second-order valence-corrected chi connectivity index (χ2v) is 9.02. The van der Waals surface area contributed by atoms with Crippen LogP contribution in [0.5, 0.6) is 5.75 Å². The minimum absolute atomic E-state index is 0.0272. The first-order valence-electron chi connectivity index (χ1n) is 11.5. The molecule has 1 heterocycles. The first-order valence-corrected chi connectivity index (χ1v) is 11.5. The number of benzene rings is 1. The molecule has 1 N–H and O–H groups in total. The third-order valence-corrected chi connectivity index (χ3v) is 6.35. The van der Waals surface area contributed by atoms with Crippen LogP contribution in [-0.2, 0) is 4.79 Å². The van der Waals surface area contributed by atoms with Gasteiger partial charge in [0, 0.05) is 34.1 Å². The summed E-state index contributed by atoms with van der Waals surface area (Å²) in [6.45, 7) is 13.5. The molecule has 1 unspecified atom stereocenters. The minimum atomic E-state index is -2.88. The summed E-state index contributed by atoms with van der Waals surface area (Å²) >= 11 is 0. The number of aryl methyl sites for hydroxylation is 1. The van der Waals surface area contributed by atoms with E-state index in [2.05, 4.69) is 16.9 Å². The molecule has 1 aromatic heterocycles. The molecule has 35 heavy (non-hydrogen) atoms. The van der Waals surface area contributed by atoms with E-state index in [9.17, 15) is 22.4 Å². The summed E-state index contributed by atoms with van der Waals surface area (Å²) in [6.07, 6.45) is 2.64. The molecule has 0 bridgehead atoms. The number of carbonyl (C=O) groups is 1. The van der Waals surface area contributed by atoms with Crippen LogP contribution in [0.2, 0.25) is 0 Å². The third kappa shape index (κ3) is 8.08. The van der Waals surface area contributed by atoms with E-state index in [0.29, 0.717) is 11.3 Å². The summed E-state index contributed by atoms with van der Waals surface area (Å²) in [5, 5.41) is 2.66. The molecule has 0 aliphatic heterocycles. The molecule has 0 spiro atoms. The Morgan fingerprint density at radius 2 is 1.83 bits per heavy atom. The Balaban J connectivity index is 0.000000379. The van der Waals surface area contributed by atoms with Crippen molar-refractivity contribution in [1.29, 1.82) is 0 Å². The Morgan fingerprint density at radius 1 is 1.20 bits per heavy atom. The van der Waals surface area contributed by atoms with Crippen LogP contribution >= 0.6 is 0 Å². The number of ether oxygens (including phenoxy) is 1.